The van der Waals surface area contributed by atoms with Crippen molar-refractivity contribution < 1.29 is 13.9 Å². The second-order valence-electron chi connectivity index (χ2n) is 7.53. The number of nitrogens with zero attached hydrogens (tertiary/aromatic N) is 3. The van der Waals surface area contributed by atoms with Gasteiger partial charge in [0.1, 0.15) is 17.3 Å². The third-order valence-electron chi connectivity index (χ3n) is 5.43. The number of amides is 1. The number of fused-ring (bicyclic) bond motifs is 1. The molecule has 4 rings (SSSR count). The van der Waals surface area contributed by atoms with Crippen molar-refractivity contribution in [3.8, 4) is 11.5 Å². The highest BCUT2D eigenvalue weighted by atomic mass is 32.1. The van der Waals surface area contributed by atoms with Gasteiger partial charge in [0.2, 0.25) is 0 Å². The van der Waals surface area contributed by atoms with Crippen molar-refractivity contribution in [1.82, 2.24) is 9.88 Å². The summed E-state index contributed by atoms with van der Waals surface area (Å²) in [4.78, 5) is 22.1. The van der Waals surface area contributed by atoms with Gasteiger partial charge in [-0.15, -0.1) is 0 Å². The molecule has 1 amide bonds. The van der Waals surface area contributed by atoms with Gasteiger partial charge >= 0.3 is 0 Å². The number of thiazole rings is 1. The van der Waals surface area contributed by atoms with E-state index in [-0.39, 0.29) is 11.7 Å². The van der Waals surface area contributed by atoms with Crippen LogP contribution in [-0.4, -0.2) is 42.0 Å². The molecule has 7 heteroatoms. The minimum absolute atomic E-state index is 0.145. The lowest BCUT2D eigenvalue weighted by molar-refractivity contribution is 0.0984. The number of likely N-dealkylation sites (N-methyl/N-ethyl adjacent to an activating group) is 1. The Kier molecular flexibility index (Phi) is 7.32. The van der Waals surface area contributed by atoms with Gasteiger partial charge in [-0.25, -0.2) is 9.37 Å². The van der Waals surface area contributed by atoms with Crippen LogP contribution in [0.2, 0.25) is 0 Å². The smallest absolute Gasteiger partial charge is 0.260 e. The van der Waals surface area contributed by atoms with Crippen LogP contribution in [0.3, 0.4) is 0 Å². The topological polar surface area (TPSA) is 45.7 Å². The van der Waals surface area contributed by atoms with Gasteiger partial charge in [-0.2, -0.15) is 0 Å². The van der Waals surface area contributed by atoms with Gasteiger partial charge in [-0.05, 0) is 67.7 Å². The first-order chi connectivity index (χ1) is 16.1. The Balaban J connectivity index is 1.59. The van der Waals surface area contributed by atoms with Crippen molar-refractivity contribution in [2.24, 2.45) is 0 Å². The van der Waals surface area contributed by atoms with Gasteiger partial charge in [0.15, 0.2) is 5.13 Å². The van der Waals surface area contributed by atoms with Gasteiger partial charge in [0, 0.05) is 18.7 Å². The maximum absolute atomic E-state index is 13.7. The zero-order valence-corrected chi connectivity index (χ0v) is 19.5. The average molecular weight is 464 g/mol. The SMILES string of the molecule is CCN(CC)CCN(C(=O)c1ccc(Oc2ccccc2)cc1)c1nc2ccc(F)cc2s1. The Morgan fingerprint density at radius 1 is 0.939 bits per heavy atom. The van der Waals surface area contributed by atoms with Gasteiger partial charge < -0.3 is 9.64 Å². The number of benzene rings is 3. The molecule has 0 fully saturated rings. The summed E-state index contributed by atoms with van der Waals surface area (Å²) in [5.74, 6) is 0.933. The largest absolute Gasteiger partial charge is 0.457 e. The number of halogens is 1. The van der Waals surface area contributed by atoms with Gasteiger partial charge in [-0.3, -0.25) is 9.69 Å². The highest BCUT2D eigenvalue weighted by Crippen LogP contribution is 2.31. The second kappa shape index (κ2) is 10.6. The molecule has 170 valence electrons. The van der Waals surface area contributed by atoms with Crippen molar-refractivity contribution in [1.29, 1.82) is 0 Å². The second-order valence-corrected chi connectivity index (χ2v) is 8.54. The van der Waals surface area contributed by atoms with E-state index in [9.17, 15) is 9.18 Å². The molecule has 0 unspecified atom stereocenters. The maximum atomic E-state index is 13.7. The van der Waals surface area contributed by atoms with E-state index >= 15 is 0 Å². The third kappa shape index (κ3) is 5.56. The number of para-hydroxylation sites is 1. The van der Waals surface area contributed by atoms with E-state index in [0.29, 0.717) is 28.5 Å². The predicted octanol–water partition coefficient (Wildman–Crippen LogP) is 6.22. The molecule has 0 saturated heterocycles. The van der Waals surface area contributed by atoms with Crippen molar-refractivity contribution in [2.45, 2.75) is 13.8 Å². The molecule has 0 aliphatic rings. The fraction of sp³-hybridized carbons (Fsp3) is 0.231. The molecule has 0 aliphatic heterocycles. The van der Waals surface area contributed by atoms with E-state index in [1.807, 2.05) is 30.3 Å². The Labute approximate surface area is 197 Å². The van der Waals surface area contributed by atoms with Crippen LogP contribution in [0.4, 0.5) is 9.52 Å². The lowest BCUT2D eigenvalue weighted by atomic mass is 10.2. The molecular weight excluding hydrogens is 437 g/mol. The molecule has 4 aromatic rings. The fourth-order valence-corrected chi connectivity index (χ4v) is 4.53. The number of ether oxygens (including phenoxy) is 1. The van der Waals surface area contributed by atoms with Crippen molar-refractivity contribution in [3.05, 3.63) is 84.2 Å². The summed E-state index contributed by atoms with van der Waals surface area (Å²) in [6, 6.07) is 21.1. The number of carbonyl (C=O) groups is 1. The Bertz CT molecular complexity index is 1210. The van der Waals surface area contributed by atoms with Crippen LogP contribution in [0.15, 0.2) is 72.8 Å². The first-order valence-electron chi connectivity index (χ1n) is 11.0. The quantitative estimate of drug-likeness (QED) is 0.296. The van der Waals surface area contributed by atoms with Crippen molar-refractivity contribution in [2.75, 3.05) is 31.1 Å². The summed E-state index contributed by atoms with van der Waals surface area (Å²) in [5, 5.41) is 0.567. The molecule has 1 aromatic heterocycles. The van der Waals surface area contributed by atoms with Crippen LogP contribution in [0.25, 0.3) is 10.2 Å². The Morgan fingerprint density at radius 3 is 2.33 bits per heavy atom. The molecule has 0 aliphatic carbocycles. The summed E-state index contributed by atoms with van der Waals surface area (Å²) in [7, 11) is 0. The lowest BCUT2D eigenvalue weighted by Gasteiger charge is -2.24. The van der Waals surface area contributed by atoms with Crippen LogP contribution < -0.4 is 9.64 Å². The van der Waals surface area contributed by atoms with E-state index in [2.05, 4.69) is 23.7 Å². The van der Waals surface area contributed by atoms with Gasteiger partial charge in [-0.1, -0.05) is 43.4 Å². The van der Waals surface area contributed by atoms with E-state index < -0.39 is 0 Å². The minimum atomic E-state index is -0.312. The third-order valence-corrected chi connectivity index (χ3v) is 6.47. The zero-order valence-electron chi connectivity index (χ0n) is 18.7. The molecular formula is C26H26FN3O2S. The molecule has 33 heavy (non-hydrogen) atoms. The zero-order chi connectivity index (χ0) is 23.2. The highest BCUT2D eigenvalue weighted by molar-refractivity contribution is 7.22. The predicted molar refractivity (Wildman–Crippen MR) is 132 cm³/mol. The lowest BCUT2D eigenvalue weighted by Crippen LogP contribution is -2.38. The molecule has 0 N–H and O–H groups in total. The first kappa shape index (κ1) is 22.9. The first-order valence-corrected chi connectivity index (χ1v) is 11.8. The Morgan fingerprint density at radius 2 is 1.64 bits per heavy atom. The number of carbonyl (C=O) groups excluding carboxylic acids is 1. The maximum Gasteiger partial charge on any atom is 0.260 e. The molecule has 1 heterocycles. The van der Waals surface area contributed by atoms with Gasteiger partial charge in [0.25, 0.3) is 5.91 Å². The van der Waals surface area contributed by atoms with E-state index in [4.69, 9.17) is 4.74 Å². The molecule has 5 nitrogen and oxygen atoms in total. The van der Waals surface area contributed by atoms with E-state index in [1.165, 1.54) is 23.5 Å². The summed E-state index contributed by atoms with van der Waals surface area (Å²) in [6.07, 6.45) is 0. The van der Waals surface area contributed by atoms with Crippen LogP contribution >= 0.6 is 11.3 Å². The average Bonchev–Trinajstić information content (AvgIpc) is 3.25. The number of hydrogen-bond acceptors (Lipinski definition) is 5. The molecule has 0 atom stereocenters. The summed E-state index contributed by atoms with van der Waals surface area (Å²) in [6.45, 7) is 7.21. The normalized spacial score (nSPS) is 11.2. The standard InChI is InChI=1S/C26H26FN3O2S/c1-3-29(4-2)16-17-30(26-28-23-15-12-20(27)18-24(23)33-26)25(31)19-10-13-22(14-11-19)32-21-8-6-5-7-9-21/h5-15,18H,3-4,16-17H2,1-2H3. The molecule has 0 radical (unpaired) electrons. The summed E-state index contributed by atoms with van der Waals surface area (Å²) < 4.78 is 20.2. The molecule has 0 bridgehead atoms. The Hall–Kier alpha value is -3.29. The summed E-state index contributed by atoms with van der Waals surface area (Å²) >= 11 is 1.33. The monoisotopic (exact) mass is 463 g/mol. The fourth-order valence-electron chi connectivity index (χ4n) is 3.51. The van der Waals surface area contributed by atoms with Crippen LogP contribution in [-0.2, 0) is 0 Å². The molecule has 0 spiro atoms. The van der Waals surface area contributed by atoms with Crippen LogP contribution in [0.5, 0.6) is 11.5 Å². The van der Waals surface area contributed by atoms with E-state index in [0.717, 1.165) is 30.1 Å². The van der Waals surface area contributed by atoms with E-state index in [1.54, 1.807) is 35.2 Å². The highest BCUT2D eigenvalue weighted by Gasteiger charge is 2.22. The van der Waals surface area contributed by atoms with Gasteiger partial charge in [0.05, 0.1) is 10.2 Å². The summed E-state index contributed by atoms with van der Waals surface area (Å²) in [5.41, 5.74) is 1.23. The number of aromatic nitrogens is 1. The number of anilines is 1. The number of hydrogen-bond donors (Lipinski definition) is 0. The minimum Gasteiger partial charge on any atom is -0.457 e. The number of rotatable bonds is 9. The molecule has 3 aromatic carbocycles. The van der Waals surface area contributed by atoms with Crippen LogP contribution in [0.1, 0.15) is 24.2 Å². The van der Waals surface area contributed by atoms with Crippen LogP contribution in [0, 0.1) is 5.82 Å². The molecule has 0 saturated carbocycles. The van der Waals surface area contributed by atoms with Crippen molar-refractivity contribution >= 4 is 32.6 Å². The van der Waals surface area contributed by atoms with Crippen molar-refractivity contribution in [3.63, 3.8) is 0 Å².